The van der Waals surface area contributed by atoms with Crippen molar-refractivity contribution in [2.45, 2.75) is 0 Å². The summed E-state index contributed by atoms with van der Waals surface area (Å²) in [6.07, 6.45) is 1.65. The molecule has 142 valence electrons. The molecular weight excluding hydrogens is 424 g/mol. The Morgan fingerprint density at radius 1 is 1.00 bits per heavy atom. The average molecular weight is 441 g/mol. The van der Waals surface area contributed by atoms with E-state index in [0.29, 0.717) is 34.0 Å². The fraction of sp³-hybridized carbons (Fsp3) is 0.0476. The molecule has 0 saturated heterocycles. The SMILES string of the molecule is C=CCOc1cccc(NC(=O)c2cccc(NC(=O)c3ccc(Br)o3)c2)c1. The Labute approximate surface area is 170 Å². The molecule has 1 aromatic heterocycles. The number of halogens is 1. The van der Waals surface area contributed by atoms with Gasteiger partial charge in [-0.1, -0.05) is 24.8 Å². The molecule has 1 heterocycles. The molecule has 0 aliphatic heterocycles. The Hall–Kier alpha value is -3.32. The monoisotopic (exact) mass is 440 g/mol. The molecule has 6 nitrogen and oxygen atoms in total. The first kappa shape index (κ1) is 19.4. The minimum absolute atomic E-state index is 0.165. The zero-order valence-corrected chi connectivity index (χ0v) is 16.4. The molecule has 3 rings (SSSR count). The molecular formula is C21H17BrN2O4. The van der Waals surface area contributed by atoms with Gasteiger partial charge < -0.3 is 19.8 Å². The van der Waals surface area contributed by atoms with Crippen LogP contribution in [0.2, 0.25) is 0 Å². The van der Waals surface area contributed by atoms with E-state index in [0.717, 1.165) is 0 Å². The van der Waals surface area contributed by atoms with Crippen LogP contribution in [0.3, 0.4) is 0 Å². The Morgan fingerprint density at radius 3 is 2.43 bits per heavy atom. The Kier molecular flexibility index (Phi) is 6.29. The zero-order valence-electron chi connectivity index (χ0n) is 14.8. The lowest BCUT2D eigenvalue weighted by atomic mass is 10.1. The van der Waals surface area contributed by atoms with Crippen molar-refractivity contribution in [1.29, 1.82) is 0 Å². The summed E-state index contributed by atoms with van der Waals surface area (Å²) in [4.78, 5) is 24.7. The molecule has 0 radical (unpaired) electrons. The molecule has 2 aromatic carbocycles. The van der Waals surface area contributed by atoms with E-state index in [1.807, 2.05) is 0 Å². The Morgan fingerprint density at radius 2 is 1.71 bits per heavy atom. The van der Waals surface area contributed by atoms with Crippen molar-refractivity contribution in [3.63, 3.8) is 0 Å². The molecule has 0 atom stereocenters. The van der Waals surface area contributed by atoms with Crippen LogP contribution in [0.25, 0.3) is 0 Å². The Bertz CT molecular complexity index is 1010. The summed E-state index contributed by atoms with van der Waals surface area (Å²) >= 11 is 3.15. The predicted octanol–water partition coefficient (Wildman–Crippen LogP) is 5.11. The predicted molar refractivity (Wildman–Crippen MR) is 111 cm³/mol. The van der Waals surface area contributed by atoms with Crippen molar-refractivity contribution in [2.24, 2.45) is 0 Å². The third-order valence-electron chi connectivity index (χ3n) is 3.64. The van der Waals surface area contributed by atoms with Crippen molar-refractivity contribution in [3.05, 3.63) is 89.3 Å². The molecule has 0 bridgehead atoms. The first-order valence-corrected chi connectivity index (χ1v) is 9.16. The van der Waals surface area contributed by atoms with Crippen LogP contribution in [0.15, 0.2) is 82.4 Å². The number of carbonyl (C=O) groups is 2. The summed E-state index contributed by atoms with van der Waals surface area (Å²) in [5, 5.41) is 5.51. The largest absolute Gasteiger partial charge is 0.489 e. The highest BCUT2D eigenvalue weighted by Crippen LogP contribution is 2.20. The van der Waals surface area contributed by atoms with E-state index in [2.05, 4.69) is 33.1 Å². The standard InChI is InChI=1S/C21H17BrN2O4/c1-2-11-27-17-8-4-7-16(13-17)23-20(25)14-5-3-6-15(12-14)24-21(26)18-9-10-19(22)28-18/h2-10,12-13H,1,11H2,(H,23,25)(H,24,26). The number of carbonyl (C=O) groups excluding carboxylic acids is 2. The molecule has 0 unspecified atom stereocenters. The number of hydrogen-bond acceptors (Lipinski definition) is 4. The highest BCUT2D eigenvalue weighted by Gasteiger charge is 2.12. The second-order valence-electron chi connectivity index (χ2n) is 5.72. The quantitative estimate of drug-likeness (QED) is 0.500. The van der Waals surface area contributed by atoms with E-state index < -0.39 is 5.91 Å². The van der Waals surface area contributed by atoms with Crippen LogP contribution in [-0.4, -0.2) is 18.4 Å². The summed E-state index contributed by atoms with van der Waals surface area (Å²) in [5.41, 5.74) is 1.48. The first-order chi connectivity index (χ1) is 13.5. The van der Waals surface area contributed by atoms with Crippen molar-refractivity contribution < 1.29 is 18.7 Å². The number of nitrogens with one attached hydrogen (secondary N) is 2. The number of rotatable bonds is 7. The normalized spacial score (nSPS) is 10.2. The number of amides is 2. The van der Waals surface area contributed by atoms with Crippen LogP contribution in [0, 0.1) is 0 Å². The molecule has 3 aromatic rings. The molecule has 28 heavy (non-hydrogen) atoms. The van der Waals surface area contributed by atoms with E-state index in [4.69, 9.17) is 9.15 Å². The van der Waals surface area contributed by atoms with Gasteiger partial charge in [0.2, 0.25) is 0 Å². The second kappa shape index (κ2) is 9.05. The third kappa shape index (κ3) is 5.11. The minimum atomic E-state index is -0.407. The maximum Gasteiger partial charge on any atom is 0.291 e. The molecule has 0 aliphatic carbocycles. The average Bonchev–Trinajstić information content (AvgIpc) is 3.13. The van der Waals surface area contributed by atoms with Gasteiger partial charge >= 0.3 is 0 Å². The minimum Gasteiger partial charge on any atom is -0.489 e. The molecule has 2 N–H and O–H groups in total. The highest BCUT2D eigenvalue weighted by molar-refractivity contribution is 9.10. The summed E-state index contributed by atoms with van der Waals surface area (Å²) in [5.74, 6) is 0.0782. The highest BCUT2D eigenvalue weighted by atomic mass is 79.9. The third-order valence-corrected chi connectivity index (χ3v) is 4.07. The van der Waals surface area contributed by atoms with Crippen LogP contribution in [0.4, 0.5) is 11.4 Å². The number of anilines is 2. The van der Waals surface area contributed by atoms with Gasteiger partial charge in [0.15, 0.2) is 10.4 Å². The van der Waals surface area contributed by atoms with E-state index >= 15 is 0 Å². The maximum atomic E-state index is 12.5. The molecule has 2 amide bonds. The number of benzene rings is 2. The van der Waals surface area contributed by atoms with Crippen molar-refractivity contribution in [2.75, 3.05) is 17.2 Å². The van der Waals surface area contributed by atoms with E-state index in [9.17, 15) is 9.59 Å². The lowest BCUT2D eigenvalue weighted by Gasteiger charge is -2.09. The summed E-state index contributed by atoms with van der Waals surface area (Å²) in [6, 6.07) is 16.9. The van der Waals surface area contributed by atoms with Crippen molar-refractivity contribution in [3.8, 4) is 5.75 Å². The molecule has 0 fully saturated rings. The van der Waals surface area contributed by atoms with Crippen LogP contribution >= 0.6 is 15.9 Å². The second-order valence-corrected chi connectivity index (χ2v) is 6.50. The summed E-state index contributed by atoms with van der Waals surface area (Å²) < 4.78 is 11.1. The van der Waals surface area contributed by atoms with Crippen LogP contribution in [0.1, 0.15) is 20.9 Å². The molecule has 0 spiro atoms. The Balaban J connectivity index is 1.68. The zero-order chi connectivity index (χ0) is 19.9. The fourth-order valence-electron chi connectivity index (χ4n) is 2.39. The van der Waals surface area contributed by atoms with Crippen molar-refractivity contribution in [1.82, 2.24) is 0 Å². The molecule has 7 heteroatoms. The van der Waals surface area contributed by atoms with Gasteiger partial charge in [-0.25, -0.2) is 0 Å². The topological polar surface area (TPSA) is 80.6 Å². The van der Waals surface area contributed by atoms with Crippen molar-refractivity contribution >= 4 is 39.1 Å². The van der Waals surface area contributed by atoms with Gasteiger partial charge in [-0.2, -0.15) is 0 Å². The first-order valence-electron chi connectivity index (χ1n) is 8.37. The van der Waals surface area contributed by atoms with Crippen LogP contribution in [-0.2, 0) is 0 Å². The van der Waals surface area contributed by atoms with Gasteiger partial charge in [0.25, 0.3) is 11.8 Å². The number of furan rings is 1. The van der Waals surface area contributed by atoms with Gasteiger partial charge in [0.1, 0.15) is 12.4 Å². The fourth-order valence-corrected chi connectivity index (χ4v) is 2.70. The van der Waals surface area contributed by atoms with Gasteiger partial charge in [-0.05, 0) is 58.4 Å². The van der Waals surface area contributed by atoms with E-state index in [1.165, 1.54) is 0 Å². The molecule has 0 saturated carbocycles. The van der Waals surface area contributed by atoms with Gasteiger partial charge in [0, 0.05) is 23.0 Å². The molecule has 0 aliphatic rings. The lowest BCUT2D eigenvalue weighted by molar-refractivity contribution is 0.0992. The maximum absolute atomic E-state index is 12.5. The number of hydrogen-bond donors (Lipinski definition) is 2. The summed E-state index contributed by atoms with van der Waals surface area (Å²) in [6.45, 7) is 3.98. The van der Waals surface area contributed by atoms with E-state index in [1.54, 1.807) is 66.7 Å². The number of ether oxygens (including phenoxy) is 1. The van der Waals surface area contributed by atoms with Crippen LogP contribution < -0.4 is 15.4 Å². The van der Waals surface area contributed by atoms with Gasteiger partial charge in [0.05, 0.1) is 0 Å². The summed E-state index contributed by atoms with van der Waals surface area (Å²) in [7, 11) is 0. The van der Waals surface area contributed by atoms with E-state index in [-0.39, 0.29) is 11.7 Å². The smallest absolute Gasteiger partial charge is 0.291 e. The lowest BCUT2D eigenvalue weighted by Crippen LogP contribution is -2.14. The van der Waals surface area contributed by atoms with Gasteiger partial charge in [-0.3, -0.25) is 9.59 Å². The van der Waals surface area contributed by atoms with Crippen LogP contribution in [0.5, 0.6) is 5.75 Å². The van der Waals surface area contributed by atoms with Gasteiger partial charge in [-0.15, -0.1) is 0 Å².